The number of nitrogens with one attached hydrogen (secondary N) is 6. The van der Waals surface area contributed by atoms with Crippen LogP contribution in [0.1, 0.15) is 17.0 Å². The summed E-state index contributed by atoms with van der Waals surface area (Å²) in [6, 6.07) is 53.4. The first-order valence-electron chi connectivity index (χ1n) is 23.1. The number of hydrogen-bond donors (Lipinski definition) is 6. The Balaban J connectivity index is 0.000000149. The van der Waals surface area contributed by atoms with Crippen LogP contribution in [0.5, 0.6) is 0 Å². The highest BCUT2D eigenvalue weighted by Gasteiger charge is 2.19. The molecule has 6 N–H and O–H groups in total. The minimum atomic E-state index is -0.443. The van der Waals surface area contributed by atoms with Gasteiger partial charge in [0.15, 0.2) is 0 Å². The quantitative estimate of drug-likeness (QED) is 0.0845. The number of nitrogens with zero attached hydrogens (tertiary/aromatic N) is 4. The molecule has 6 amide bonds. The Morgan fingerprint density at radius 3 is 1.50 bits per heavy atom. The van der Waals surface area contributed by atoms with Crippen molar-refractivity contribution in [2.24, 2.45) is 0 Å². The standard InChI is InChI=1S/C22H19ClFN3O.C18H15ClN4O.C17H14ClN3O/c23-17-5-7-18(8-6-17)25-22(28)26-19-9-10-21(20(24)13-19)27-12-11-15-3-1-2-4-16(15)14-27;1-12-20-10-9-17(21-12)13-3-2-4-16(11-13)23-18(24)22-15-7-5-14(19)6-8-15;18-13-3-5-14(6-4-13)19-17(22)20-15-7-9-16(10-8-15)21-11-1-2-12-21/h1-10,13H,11-12,14H2,(H2,25,26,28);2-11H,1H3,(H2,22,23,24);1-12H,(H2,19,20,22). The maximum Gasteiger partial charge on any atom is 0.323 e. The van der Waals surface area contributed by atoms with Crippen LogP contribution < -0.4 is 36.8 Å². The maximum atomic E-state index is 14.7. The number of aromatic nitrogens is 3. The second kappa shape index (κ2) is 25.1. The Hall–Kier alpha value is -8.69. The van der Waals surface area contributed by atoms with Crippen molar-refractivity contribution in [2.75, 3.05) is 43.3 Å². The lowest BCUT2D eigenvalue weighted by Gasteiger charge is -2.31. The van der Waals surface area contributed by atoms with Crippen LogP contribution in [0.25, 0.3) is 16.9 Å². The van der Waals surface area contributed by atoms with E-state index in [2.05, 4.69) is 54.0 Å². The molecule has 1 aliphatic rings. The normalized spacial score (nSPS) is 11.3. The van der Waals surface area contributed by atoms with Crippen LogP contribution in [-0.4, -0.2) is 39.2 Å². The van der Waals surface area contributed by atoms with E-state index in [0.29, 0.717) is 61.6 Å². The van der Waals surface area contributed by atoms with Gasteiger partial charge in [0.05, 0.1) is 11.4 Å². The lowest BCUT2D eigenvalue weighted by molar-refractivity contribution is 0.261. The molecule has 0 saturated carbocycles. The van der Waals surface area contributed by atoms with Gasteiger partial charge in [0, 0.05) is 92.1 Å². The Labute approximate surface area is 442 Å². The minimum absolute atomic E-state index is 0.295. The predicted octanol–water partition coefficient (Wildman–Crippen LogP) is 15.2. The van der Waals surface area contributed by atoms with E-state index in [1.807, 2.05) is 108 Å². The van der Waals surface area contributed by atoms with E-state index in [0.717, 1.165) is 35.6 Å². The van der Waals surface area contributed by atoms with Crippen molar-refractivity contribution in [3.63, 3.8) is 0 Å². The topological polar surface area (TPSA) is 157 Å². The Morgan fingerprint density at radius 1 is 0.514 bits per heavy atom. The van der Waals surface area contributed by atoms with Gasteiger partial charge in [-0.25, -0.2) is 28.7 Å². The summed E-state index contributed by atoms with van der Waals surface area (Å²) < 4.78 is 16.7. The van der Waals surface area contributed by atoms with Gasteiger partial charge in [0.1, 0.15) is 11.6 Å². The van der Waals surface area contributed by atoms with Gasteiger partial charge >= 0.3 is 18.1 Å². The summed E-state index contributed by atoms with van der Waals surface area (Å²) >= 11 is 17.5. The van der Waals surface area contributed by atoms with Crippen molar-refractivity contribution in [1.82, 2.24) is 14.5 Å². The molecule has 9 aromatic rings. The van der Waals surface area contributed by atoms with E-state index in [1.165, 1.54) is 17.2 Å². The van der Waals surface area contributed by atoms with Gasteiger partial charge in [0.2, 0.25) is 0 Å². The SMILES string of the molecule is Cc1nccc(-c2cccc(NC(=O)Nc3ccc(Cl)cc3)c2)n1.O=C(Nc1ccc(Cl)cc1)Nc1ccc(-n2cccc2)cc1.O=C(Nc1ccc(Cl)cc1)Nc1ccc(N2CCc3ccccc3C2)c(F)c1. The number of carbonyl (C=O) groups excluding carboxylic acids is 3. The van der Waals surface area contributed by atoms with Gasteiger partial charge in [-0.1, -0.05) is 71.2 Å². The van der Waals surface area contributed by atoms with Gasteiger partial charge in [0.25, 0.3) is 0 Å². The molecule has 0 aliphatic carbocycles. The van der Waals surface area contributed by atoms with Crippen LogP contribution in [0.3, 0.4) is 0 Å². The van der Waals surface area contributed by atoms with E-state index >= 15 is 0 Å². The molecular weight excluding hydrogens is 998 g/mol. The van der Waals surface area contributed by atoms with Crippen LogP contribution in [0.15, 0.2) is 201 Å². The highest BCUT2D eigenvalue weighted by molar-refractivity contribution is 6.31. The molecule has 0 saturated heterocycles. The summed E-state index contributed by atoms with van der Waals surface area (Å²) in [6.07, 6.45) is 6.54. The first-order valence-corrected chi connectivity index (χ1v) is 24.3. The number of carbonyl (C=O) groups is 3. The molecule has 74 heavy (non-hydrogen) atoms. The summed E-state index contributed by atoms with van der Waals surface area (Å²) in [6.45, 7) is 3.28. The third-order valence-corrected chi connectivity index (χ3v) is 12.0. The second-order valence-electron chi connectivity index (χ2n) is 16.6. The lowest BCUT2D eigenvalue weighted by Crippen LogP contribution is -2.31. The Morgan fingerprint density at radius 2 is 0.986 bits per heavy atom. The first kappa shape index (κ1) is 51.7. The smallest absolute Gasteiger partial charge is 0.323 e. The fourth-order valence-electron chi connectivity index (χ4n) is 7.62. The van der Waals surface area contributed by atoms with Gasteiger partial charge in [-0.05, 0) is 170 Å². The molecule has 1 aliphatic heterocycles. The number of halogens is 4. The summed E-state index contributed by atoms with van der Waals surface area (Å²) in [7, 11) is 0. The number of rotatable bonds is 9. The molecule has 10 rings (SSSR count). The fraction of sp³-hybridized carbons (Fsp3) is 0.0702. The van der Waals surface area contributed by atoms with E-state index in [-0.39, 0.29) is 17.9 Å². The van der Waals surface area contributed by atoms with Crippen LogP contribution in [0, 0.1) is 12.7 Å². The lowest BCUT2D eigenvalue weighted by atomic mass is 9.99. The first-order chi connectivity index (χ1) is 35.9. The molecule has 2 aromatic heterocycles. The minimum Gasteiger partial charge on any atom is -0.364 e. The molecule has 0 atom stereocenters. The Bertz CT molecular complexity index is 3330. The van der Waals surface area contributed by atoms with E-state index < -0.39 is 6.03 Å². The van der Waals surface area contributed by atoms with Crippen LogP contribution >= 0.6 is 34.8 Å². The molecule has 0 fully saturated rings. The van der Waals surface area contributed by atoms with Crippen molar-refractivity contribution in [3.05, 3.63) is 238 Å². The van der Waals surface area contributed by atoms with Gasteiger partial charge in [-0.15, -0.1) is 0 Å². The van der Waals surface area contributed by atoms with Crippen molar-refractivity contribution >= 4 is 92.7 Å². The van der Waals surface area contributed by atoms with Gasteiger partial charge < -0.3 is 41.4 Å². The molecular formula is C57H48Cl3FN10O3. The van der Waals surface area contributed by atoms with Crippen molar-refractivity contribution < 1.29 is 18.8 Å². The third kappa shape index (κ3) is 15.2. The zero-order valence-electron chi connectivity index (χ0n) is 39.7. The Kier molecular flexibility index (Phi) is 17.5. The third-order valence-electron chi connectivity index (χ3n) is 11.2. The molecule has 0 bridgehead atoms. The van der Waals surface area contributed by atoms with E-state index in [9.17, 15) is 18.8 Å². The number of aryl methyl sites for hydroxylation is 1. The van der Waals surface area contributed by atoms with Crippen LogP contribution in [0.2, 0.25) is 15.1 Å². The number of hydrogen-bond acceptors (Lipinski definition) is 6. The molecule has 372 valence electrons. The average molecular weight is 1050 g/mol. The molecule has 3 heterocycles. The van der Waals surface area contributed by atoms with E-state index in [4.69, 9.17) is 34.8 Å². The van der Waals surface area contributed by atoms with Crippen molar-refractivity contribution in [2.45, 2.75) is 19.9 Å². The highest BCUT2D eigenvalue weighted by Crippen LogP contribution is 2.29. The summed E-state index contributed by atoms with van der Waals surface area (Å²) in [5.74, 6) is 0.343. The maximum absolute atomic E-state index is 14.7. The molecule has 0 unspecified atom stereocenters. The van der Waals surface area contributed by atoms with Crippen molar-refractivity contribution in [1.29, 1.82) is 0 Å². The van der Waals surface area contributed by atoms with Gasteiger partial charge in [-0.3, -0.25) is 0 Å². The molecule has 0 spiro atoms. The monoisotopic (exact) mass is 1040 g/mol. The largest absolute Gasteiger partial charge is 0.364 e. The number of benzene rings is 7. The number of amides is 6. The fourth-order valence-corrected chi connectivity index (χ4v) is 8.00. The van der Waals surface area contributed by atoms with Crippen LogP contribution in [-0.2, 0) is 13.0 Å². The number of anilines is 7. The number of fused-ring (bicyclic) bond motifs is 1. The van der Waals surface area contributed by atoms with Crippen molar-refractivity contribution in [3.8, 4) is 16.9 Å². The summed E-state index contributed by atoms with van der Waals surface area (Å²) in [5, 5.41) is 18.3. The summed E-state index contributed by atoms with van der Waals surface area (Å²) in [4.78, 5) is 46.6. The molecule has 7 aromatic carbocycles. The molecule has 17 heteroatoms. The highest BCUT2D eigenvalue weighted by atomic mass is 35.5. The number of urea groups is 3. The molecule has 0 radical (unpaired) electrons. The van der Waals surface area contributed by atoms with Crippen LogP contribution in [0.4, 0.5) is 58.6 Å². The zero-order chi connectivity index (χ0) is 51.8. The average Bonchev–Trinajstić information content (AvgIpc) is 3.95. The van der Waals surface area contributed by atoms with Gasteiger partial charge in [-0.2, -0.15) is 0 Å². The van der Waals surface area contributed by atoms with E-state index in [1.54, 1.807) is 91.1 Å². The molecule has 13 nitrogen and oxygen atoms in total. The summed E-state index contributed by atoms with van der Waals surface area (Å²) in [5.41, 5.74) is 9.58. The second-order valence-corrected chi connectivity index (χ2v) is 17.9. The zero-order valence-corrected chi connectivity index (χ0v) is 42.0. The predicted molar refractivity (Wildman–Crippen MR) is 298 cm³/mol.